The van der Waals surface area contributed by atoms with Gasteiger partial charge in [-0.15, -0.1) is 0 Å². The normalized spacial score (nSPS) is 10.2. The molecule has 2 aromatic carbocycles. The van der Waals surface area contributed by atoms with Gasteiger partial charge in [0.05, 0.1) is 12.0 Å². The van der Waals surface area contributed by atoms with Crippen molar-refractivity contribution in [3.8, 4) is 5.75 Å². The molecule has 0 amide bonds. The van der Waals surface area contributed by atoms with E-state index in [-0.39, 0.29) is 17.3 Å². The number of methoxy groups -OCH3 is 1. The molecule has 2 rings (SSSR count). The first-order chi connectivity index (χ1) is 10.0. The number of benzene rings is 2. The molecule has 0 spiro atoms. The maximum Gasteiger partial charge on any atom is 0.312 e. The summed E-state index contributed by atoms with van der Waals surface area (Å²) in [5, 5.41) is 14.0. The van der Waals surface area contributed by atoms with Gasteiger partial charge in [0.1, 0.15) is 5.82 Å². The zero-order valence-electron chi connectivity index (χ0n) is 11.7. The molecular formula is C15H15FN2O3. The number of nitro benzene ring substituents is 1. The van der Waals surface area contributed by atoms with E-state index >= 15 is 0 Å². The average molecular weight is 290 g/mol. The molecule has 21 heavy (non-hydrogen) atoms. The van der Waals surface area contributed by atoms with Gasteiger partial charge >= 0.3 is 5.69 Å². The molecule has 110 valence electrons. The van der Waals surface area contributed by atoms with Gasteiger partial charge in [0.15, 0.2) is 5.75 Å². The molecule has 0 fully saturated rings. The molecule has 0 aliphatic rings. The van der Waals surface area contributed by atoms with Crippen molar-refractivity contribution >= 4 is 11.4 Å². The third-order valence-electron chi connectivity index (χ3n) is 3.09. The van der Waals surface area contributed by atoms with Crippen LogP contribution < -0.4 is 10.1 Å². The van der Waals surface area contributed by atoms with Crippen molar-refractivity contribution in [3.05, 3.63) is 63.5 Å². The number of nitro groups is 1. The van der Waals surface area contributed by atoms with Gasteiger partial charge in [0, 0.05) is 18.3 Å². The van der Waals surface area contributed by atoms with Crippen LogP contribution >= 0.6 is 0 Å². The third kappa shape index (κ3) is 3.47. The Kier molecular flexibility index (Phi) is 4.37. The van der Waals surface area contributed by atoms with Gasteiger partial charge < -0.3 is 10.1 Å². The van der Waals surface area contributed by atoms with Crippen LogP contribution in [0.15, 0.2) is 36.4 Å². The van der Waals surface area contributed by atoms with Crippen LogP contribution in [0.5, 0.6) is 5.75 Å². The van der Waals surface area contributed by atoms with E-state index in [0.717, 1.165) is 5.56 Å². The summed E-state index contributed by atoms with van der Waals surface area (Å²) < 4.78 is 18.1. The van der Waals surface area contributed by atoms with E-state index in [0.29, 0.717) is 17.8 Å². The van der Waals surface area contributed by atoms with Crippen LogP contribution in [-0.4, -0.2) is 12.0 Å². The molecule has 0 aliphatic heterocycles. The topological polar surface area (TPSA) is 64.4 Å². The number of ether oxygens (including phenoxy) is 1. The van der Waals surface area contributed by atoms with Gasteiger partial charge in [-0.25, -0.2) is 4.39 Å². The zero-order valence-corrected chi connectivity index (χ0v) is 11.7. The second-order valence-corrected chi connectivity index (χ2v) is 4.58. The van der Waals surface area contributed by atoms with Gasteiger partial charge in [0.25, 0.3) is 0 Å². The Bertz CT molecular complexity index is 674. The molecule has 0 heterocycles. The van der Waals surface area contributed by atoms with E-state index in [1.165, 1.54) is 25.3 Å². The summed E-state index contributed by atoms with van der Waals surface area (Å²) in [7, 11) is 1.39. The Hall–Kier alpha value is -2.63. The number of nitrogens with one attached hydrogen (secondary N) is 1. The second kappa shape index (κ2) is 6.21. The second-order valence-electron chi connectivity index (χ2n) is 4.58. The number of rotatable bonds is 5. The predicted molar refractivity (Wildman–Crippen MR) is 78.1 cm³/mol. The highest BCUT2D eigenvalue weighted by Crippen LogP contribution is 2.29. The predicted octanol–water partition coefficient (Wildman–Crippen LogP) is 3.66. The van der Waals surface area contributed by atoms with Crippen molar-refractivity contribution in [3.63, 3.8) is 0 Å². The molecule has 0 unspecified atom stereocenters. The van der Waals surface area contributed by atoms with Crippen LogP contribution in [0.25, 0.3) is 0 Å². The maximum atomic E-state index is 13.2. The molecule has 5 nitrogen and oxygen atoms in total. The smallest absolute Gasteiger partial charge is 0.312 e. The van der Waals surface area contributed by atoms with Crippen LogP contribution in [0.2, 0.25) is 0 Å². The Morgan fingerprint density at radius 1 is 1.29 bits per heavy atom. The Morgan fingerprint density at radius 2 is 2.05 bits per heavy atom. The molecule has 0 bridgehead atoms. The summed E-state index contributed by atoms with van der Waals surface area (Å²) in [5.41, 5.74) is 1.96. The minimum Gasteiger partial charge on any atom is -0.490 e. The third-order valence-corrected chi connectivity index (χ3v) is 3.09. The molecule has 0 aromatic heterocycles. The van der Waals surface area contributed by atoms with Gasteiger partial charge in [0.2, 0.25) is 0 Å². The summed E-state index contributed by atoms with van der Waals surface area (Å²) in [5.74, 6) is -0.0398. The molecule has 1 N–H and O–H groups in total. The molecule has 6 heteroatoms. The Labute approximate surface area is 121 Å². The lowest BCUT2D eigenvalue weighted by molar-refractivity contribution is -0.385. The van der Waals surface area contributed by atoms with Gasteiger partial charge in [-0.1, -0.05) is 12.1 Å². The number of halogens is 1. The van der Waals surface area contributed by atoms with E-state index < -0.39 is 4.92 Å². The molecule has 0 aliphatic carbocycles. The van der Waals surface area contributed by atoms with Crippen LogP contribution in [-0.2, 0) is 6.54 Å². The molecule has 0 saturated heterocycles. The first-order valence-electron chi connectivity index (χ1n) is 6.32. The van der Waals surface area contributed by atoms with Crippen molar-refractivity contribution in [2.45, 2.75) is 13.5 Å². The first-order valence-corrected chi connectivity index (χ1v) is 6.32. The quantitative estimate of drug-likeness (QED) is 0.674. The van der Waals surface area contributed by atoms with Crippen LogP contribution in [0.4, 0.5) is 15.8 Å². The van der Waals surface area contributed by atoms with Crippen molar-refractivity contribution < 1.29 is 14.1 Å². The summed E-state index contributed by atoms with van der Waals surface area (Å²) in [6.45, 7) is 2.14. The van der Waals surface area contributed by atoms with E-state index in [4.69, 9.17) is 4.74 Å². The standard InChI is InChI=1S/C15H15FN2O3/c1-10-7-11(3-5-13(10)16)9-17-12-4-6-15(21-2)14(8-12)18(19)20/h3-8,17H,9H2,1-2H3. The van der Waals surface area contributed by atoms with E-state index in [9.17, 15) is 14.5 Å². The summed E-state index contributed by atoms with van der Waals surface area (Å²) >= 11 is 0. The number of hydrogen-bond donors (Lipinski definition) is 1. The SMILES string of the molecule is COc1ccc(NCc2ccc(F)c(C)c2)cc1[N+](=O)[O-]. The van der Waals surface area contributed by atoms with Crippen molar-refractivity contribution in [2.24, 2.45) is 0 Å². The highest BCUT2D eigenvalue weighted by Gasteiger charge is 2.14. The number of nitrogens with zero attached hydrogens (tertiary/aromatic N) is 1. The lowest BCUT2D eigenvalue weighted by atomic mass is 10.1. The fraction of sp³-hybridized carbons (Fsp3) is 0.200. The van der Waals surface area contributed by atoms with Crippen molar-refractivity contribution in [2.75, 3.05) is 12.4 Å². The molecule has 2 aromatic rings. The summed E-state index contributed by atoms with van der Waals surface area (Å²) in [6, 6.07) is 9.46. The summed E-state index contributed by atoms with van der Waals surface area (Å²) in [4.78, 5) is 10.5. The highest BCUT2D eigenvalue weighted by atomic mass is 19.1. The Morgan fingerprint density at radius 3 is 2.67 bits per heavy atom. The first kappa shape index (κ1) is 14.8. The van der Waals surface area contributed by atoms with E-state index in [1.807, 2.05) is 0 Å². The average Bonchev–Trinajstić information content (AvgIpc) is 2.48. The zero-order chi connectivity index (χ0) is 15.4. The van der Waals surface area contributed by atoms with E-state index in [1.54, 1.807) is 25.1 Å². The molecule has 0 atom stereocenters. The van der Waals surface area contributed by atoms with Gasteiger partial charge in [-0.3, -0.25) is 10.1 Å². The number of hydrogen-bond acceptors (Lipinski definition) is 4. The van der Waals surface area contributed by atoms with Gasteiger partial charge in [-0.2, -0.15) is 0 Å². The summed E-state index contributed by atoms with van der Waals surface area (Å²) in [6.07, 6.45) is 0. The highest BCUT2D eigenvalue weighted by molar-refractivity contribution is 5.58. The lowest BCUT2D eigenvalue weighted by Gasteiger charge is -2.09. The fourth-order valence-corrected chi connectivity index (χ4v) is 1.96. The van der Waals surface area contributed by atoms with Crippen LogP contribution in [0.3, 0.4) is 0 Å². The molecule has 0 radical (unpaired) electrons. The van der Waals surface area contributed by atoms with Gasteiger partial charge in [-0.05, 0) is 36.2 Å². The van der Waals surface area contributed by atoms with E-state index in [2.05, 4.69) is 5.32 Å². The van der Waals surface area contributed by atoms with Crippen LogP contribution in [0, 0.1) is 22.9 Å². The molecular weight excluding hydrogens is 275 g/mol. The number of aryl methyl sites for hydroxylation is 1. The maximum absolute atomic E-state index is 13.2. The lowest BCUT2D eigenvalue weighted by Crippen LogP contribution is -2.01. The minimum atomic E-state index is -0.494. The van der Waals surface area contributed by atoms with Crippen molar-refractivity contribution in [1.29, 1.82) is 0 Å². The largest absolute Gasteiger partial charge is 0.490 e. The van der Waals surface area contributed by atoms with Crippen LogP contribution in [0.1, 0.15) is 11.1 Å². The van der Waals surface area contributed by atoms with Crippen molar-refractivity contribution in [1.82, 2.24) is 0 Å². The minimum absolute atomic E-state index is 0.0993. The fourth-order valence-electron chi connectivity index (χ4n) is 1.96. The molecule has 0 saturated carbocycles. The Balaban J connectivity index is 2.14. The monoisotopic (exact) mass is 290 g/mol. The number of anilines is 1.